The van der Waals surface area contributed by atoms with Crippen LogP contribution in [0.2, 0.25) is 0 Å². The molecular formula is C26H23N5OS. The van der Waals surface area contributed by atoms with Crippen molar-refractivity contribution in [2.75, 3.05) is 5.32 Å². The molecule has 5 rings (SSSR count). The first-order chi connectivity index (χ1) is 16.2. The number of carbonyl (C=O) groups is 1. The molecule has 5 aromatic rings. The summed E-state index contributed by atoms with van der Waals surface area (Å²) >= 11 is 1.61. The molecule has 0 aliphatic carbocycles. The zero-order valence-corrected chi connectivity index (χ0v) is 19.0. The molecule has 0 fully saturated rings. The van der Waals surface area contributed by atoms with Crippen LogP contribution in [0.5, 0.6) is 0 Å². The standard InChI is InChI=1S/C26H23N5OS/c1-2-18-5-7-19(8-6-18)9-16-25(32)27-21-12-10-20(11-13-21)22-14-15-24-28-29-26(31(24)30-22)23-4-3-17-33-23/h3-8,10-15,17H,2,9,16H2,1H3,(H,27,32). The molecule has 33 heavy (non-hydrogen) atoms. The van der Waals surface area contributed by atoms with Crippen molar-refractivity contribution >= 4 is 28.6 Å². The van der Waals surface area contributed by atoms with Crippen molar-refractivity contribution in [2.45, 2.75) is 26.2 Å². The summed E-state index contributed by atoms with van der Waals surface area (Å²) in [6.45, 7) is 2.14. The lowest BCUT2D eigenvalue weighted by atomic mass is 10.1. The third-order valence-corrected chi connectivity index (χ3v) is 6.41. The molecule has 7 heteroatoms. The Labute approximate surface area is 195 Å². The quantitative estimate of drug-likeness (QED) is 0.345. The Bertz CT molecular complexity index is 1370. The van der Waals surface area contributed by atoms with Crippen LogP contribution in [0, 0.1) is 0 Å². The lowest BCUT2D eigenvalue weighted by Crippen LogP contribution is -2.12. The Morgan fingerprint density at radius 1 is 0.939 bits per heavy atom. The van der Waals surface area contributed by atoms with Crippen molar-refractivity contribution in [3.05, 3.63) is 89.3 Å². The van der Waals surface area contributed by atoms with Crippen molar-refractivity contribution in [3.8, 4) is 22.0 Å². The fourth-order valence-electron chi connectivity index (χ4n) is 3.65. The van der Waals surface area contributed by atoms with Crippen LogP contribution in [0.1, 0.15) is 24.5 Å². The molecule has 6 nitrogen and oxygen atoms in total. The minimum Gasteiger partial charge on any atom is -0.326 e. The maximum Gasteiger partial charge on any atom is 0.224 e. The Balaban J connectivity index is 1.26. The highest BCUT2D eigenvalue weighted by Gasteiger charge is 2.12. The van der Waals surface area contributed by atoms with Crippen LogP contribution in [-0.2, 0) is 17.6 Å². The number of nitrogens with one attached hydrogen (secondary N) is 1. The molecule has 1 N–H and O–H groups in total. The second kappa shape index (κ2) is 9.34. The van der Waals surface area contributed by atoms with E-state index in [1.807, 2.05) is 53.9 Å². The largest absolute Gasteiger partial charge is 0.326 e. The number of rotatable bonds is 7. The highest BCUT2D eigenvalue weighted by molar-refractivity contribution is 7.13. The van der Waals surface area contributed by atoms with Crippen LogP contribution in [0.15, 0.2) is 78.2 Å². The Hall–Kier alpha value is -3.84. The molecule has 0 radical (unpaired) electrons. The minimum absolute atomic E-state index is 0.00643. The van der Waals surface area contributed by atoms with Crippen LogP contribution >= 0.6 is 11.3 Å². The minimum atomic E-state index is 0.00643. The van der Waals surface area contributed by atoms with Crippen molar-refractivity contribution in [1.82, 2.24) is 19.8 Å². The number of aryl methyl sites for hydroxylation is 2. The van der Waals surface area contributed by atoms with Crippen LogP contribution in [0.3, 0.4) is 0 Å². The first kappa shape index (κ1) is 21.0. The second-order valence-electron chi connectivity index (χ2n) is 7.79. The molecular weight excluding hydrogens is 430 g/mol. The van der Waals surface area contributed by atoms with Gasteiger partial charge in [0.2, 0.25) is 5.91 Å². The summed E-state index contributed by atoms with van der Waals surface area (Å²) in [7, 11) is 0. The van der Waals surface area contributed by atoms with Gasteiger partial charge in [0.1, 0.15) is 0 Å². The lowest BCUT2D eigenvalue weighted by Gasteiger charge is -2.07. The molecule has 164 valence electrons. The van der Waals surface area contributed by atoms with E-state index in [0.717, 1.165) is 40.5 Å². The third-order valence-electron chi connectivity index (χ3n) is 5.54. The normalized spacial score (nSPS) is 11.1. The molecule has 0 spiro atoms. The molecule has 0 bridgehead atoms. The van der Waals surface area contributed by atoms with Crippen molar-refractivity contribution < 1.29 is 4.79 Å². The van der Waals surface area contributed by atoms with E-state index in [9.17, 15) is 4.79 Å². The Kier molecular flexibility index (Phi) is 5.95. The van der Waals surface area contributed by atoms with E-state index in [0.29, 0.717) is 12.1 Å². The monoisotopic (exact) mass is 453 g/mol. The van der Waals surface area contributed by atoms with Gasteiger partial charge in [0.25, 0.3) is 0 Å². The summed E-state index contributed by atoms with van der Waals surface area (Å²) in [5.74, 6) is 0.738. The van der Waals surface area contributed by atoms with Crippen LogP contribution in [0.4, 0.5) is 5.69 Å². The SMILES string of the molecule is CCc1ccc(CCC(=O)Nc2ccc(-c3ccc4nnc(-c5cccs5)n4n3)cc2)cc1. The molecule has 0 aliphatic rings. The van der Waals surface area contributed by atoms with Gasteiger partial charge in [-0.25, -0.2) is 0 Å². The van der Waals surface area contributed by atoms with E-state index in [4.69, 9.17) is 5.10 Å². The first-order valence-corrected chi connectivity index (χ1v) is 11.8. The zero-order chi connectivity index (χ0) is 22.6. The number of aromatic nitrogens is 4. The topological polar surface area (TPSA) is 72.2 Å². The van der Waals surface area contributed by atoms with E-state index in [2.05, 4.69) is 46.7 Å². The van der Waals surface area contributed by atoms with Gasteiger partial charge < -0.3 is 5.32 Å². The Morgan fingerprint density at radius 2 is 1.73 bits per heavy atom. The zero-order valence-electron chi connectivity index (χ0n) is 18.2. The maximum absolute atomic E-state index is 12.4. The number of nitrogens with zero attached hydrogens (tertiary/aromatic N) is 4. The molecule has 3 heterocycles. The molecule has 2 aromatic carbocycles. The summed E-state index contributed by atoms with van der Waals surface area (Å²) < 4.78 is 1.77. The molecule has 0 saturated heterocycles. The number of anilines is 1. The summed E-state index contributed by atoms with van der Waals surface area (Å²) in [6.07, 6.45) is 2.20. The van der Waals surface area contributed by atoms with Crippen LogP contribution in [0.25, 0.3) is 27.6 Å². The Morgan fingerprint density at radius 3 is 2.45 bits per heavy atom. The van der Waals surface area contributed by atoms with Crippen LogP contribution in [-0.4, -0.2) is 25.7 Å². The fraction of sp³-hybridized carbons (Fsp3) is 0.154. The smallest absolute Gasteiger partial charge is 0.224 e. The first-order valence-electron chi connectivity index (χ1n) is 10.9. The van der Waals surface area contributed by atoms with Gasteiger partial charge in [0, 0.05) is 17.7 Å². The number of fused-ring (bicyclic) bond motifs is 1. The number of hydrogen-bond donors (Lipinski definition) is 1. The third kappa shape index (κ3) is 4.68. The highest BCUT2D eigenvalue weighted by Crippen LogP contribution is 2.25. The number of benzene rings is 2. The number of hydrogen-bond acceptors (Lipinski definition) is 5. The molecule has 1 amide bonds. The molecule has 0 saturated carbocycles. The van der Waals surface area contributed by atoms with Crippen molar-refractivity contribution in [1.29, 1.82) is 0 Å². The van der Waals surface area contributed by atoms with Gasteiger partial charge >= 0.3 is 0 Å². The van der Waals surface area contributed by atoms with E-state index in [1.54, 1.807) is 15.9 Å². The predicted molar refractivity (Wildman–Crippen MR) is 132 cm³/mol. The average Bonchev–Trinajstić information content (AvgIpc) is 3.53. The molecule has 3 aromatic heterocycles. The van der Waals surface area contributed by atoms with Gasteiger partial charge in [-0.2, -0.15) is 9.61 Å². The van der Waals surface area contributed by atoms with Gasteiger partial charge in [-0.1, -0.05) is 49.4 Å². The highest BCUT2D eigenvalue weighted by atomic mass is 32.1. The van der Waals surface area contributed by atoms with Crippen molar-refractivity contribution in [2.24, 2.45) is 0 Å². The average molecular weight is 454 g/mol. The lowest BCUT2D eigenvalue weighted by molar-refractivity contribution is -0.116. The number of amides is 1. The van der Waals surface area contributed by atoms with Crippen molar-refractivity contribution in [3.63, 3.8) is 0 Å². The molecule has 0 aliphatic heterocycles. The second-order valence-corrected chi connectivity index (χ2v) is 8.73. The van der Waals surface area contributed by atoms with Gasteiger partial charge in [0.05, 0.1) is 10.6 Å². The van der Waals surface area contributed by atoms with E-state index in [-0.39, 0.29) is 5.91 Å². The summed E-state index contributed by atoms with van der Waals surface area (Å²) in [4.78, 5) is 13.4. The summed E-state index contributed by atoms with van der Waals surface area (Å²) in [5.41, 5.74) is 5.73. The van der Waals surface area contributed by atoms with E-state index >= 15 is 0 Å². The maximum atomic E-state index is 12.4. The van der Waals surface area contributed by atoms with Gasteiger partial charge in [-0.05, 0) is 59.7 Å². The molecule has 0 atom stereocenters. The summed E-state index contributed by atoms with van der Waals surface area (Å²) in [6, 6.07) is 24.0. The van der Waals surface area contributed by atoms with Crippen LogP contribution < -0.4 is 5.32 Å². The van der Waals surface area contributed by atoms with E-state index in [1.165, 1.54) is 11.1 Å². The summed E-state index contributed by atoms with van der Waals surface area (Å²) in [5, 5.41) is 18.2. The van der Waals surface area contributed by atoms with Gasteiger partial charge in [-0.15, -0.1) is 21.5 Å². The predicted octanol–water partition coefficient (Wildman–Crippen LogP) is 5.65. The number of carbonyl (C=O) groups excluding carboxylic acids is 1. The number of thiophene rings is 1. The van der Waals surface area contributed by atoms with Gasteiger partial charge in [-0.3, -0.25) is 4.79 Å². The van der Waals surface area contributed by atoms with Gasteiger partial charge in [0.15, 0.2) is 11.5 Å². The molecule has 0 unspecified atom stereocenters. The fourth-order valence-corrected chi connectivity index (χ4v) is 4.34. The van der Waals surface area contributed by atoms with E-state index < -0.39 is 0 Å².